The number of hydrogen-bond donors (Lipinski definition) is 1. The summed E-state index contributed by atoms with van der Waals surface area (Å²) in [6.07, 6.45) is 5.51. The lowest BCUT2D eigenvalue weighted by atomic mass is 10.2. The summed E-state index contributed by atoms with van der Waals surface area (Å²) in [5.41, 5.74) is 8.33. The Bertz CT molecular complexity index is 1270. The van der Waals surface area contributed by atoms with Crippen LogP contribution in [-0.2, 0) is 16.6 Å². The van der Waals surface area contributed by atoms with Crippen molar-refractivity contribution in [1.82, 2.24) is 3.89 Å². The van der Waals surface area contributed by atoms with E-state index >= 15 is 0 Å². The Kier molecular flexibility index (Phi) is 7.17. The third-order valence-corrected chi connectivity index (χ3v) is 8.14. The summed E-state index contributed by atoms with van der Waals surface area (Å²) in [7, 11) is -3.52. The monoisotopic (exact) mass is 477 g/mol. The van der Waals surface area contributed by atoms with Crippen molar-refractivity contribution in [1.29, 1.82) is 0 Å². The highest BCUT2D eigenvalue weighted by Crippen LogP contribution is 2.37. The van der Waals surface area contributed by atoms with Crippen molar-refractivity contribution >= 4 is 15.7 Å². The highest BCUT2D eigenvalue weighted by molar-refractivity contribution is 7.91. The third-order valence-electron chi connectivity index (χ3n) is 5.86. The molecule has 0 amide bonds. The van der Waals surface area contributed by atoms with Gasteiger partial charge in [-0.15, -0.1) is 0 Å². The molecule has 3 aromatic rings. The van der Waals surface area contributed by atoms with Crippen molar-refractivity contribution in [2.45, 2.75) is 13.5 Å². The first-order valence-corrected chi connectivity index (χ1v) is 12.8. The number of nitrogens with zero attached hydrogens (tertiary/aromatic N) is 1. The quantitative estimate of drug-likeness (QED) is 0.433. The standard InChI is InChI=1S/C27H29N2O4S/c1-2-34(30,31)29(19-7-6-10-24(29)20-28)23-11-13-26(14-12-23)33-27-17-15-25(16-18-27)32-21-22-8-4-3-5-9-22/h3-18H,2,19-21,28H2,1H3/q+1. The number of ether oxygens (including phenoxy) is 2. The minimum atomic E-state index is -3.52. The molecule has 1 aliphatic heterocycles. The van der Waals surface area contributed by atoms with Gasteiger partial charge in [-0.2, -0.15) is 12.3 Å². The number of quaternary nitrogens is 1. The van der Waals surface area contributed by atoms with Crippen molar-refractivity contribution in [3.63, 3.8) is 0 Å². The summed E-state index contributed by atoms with van der Waals surface area (Å²) in [5, 5.41) is 0. The SMILES string of the molecule is CCS(=O)(=O)[N+]1(c2ccc(Oc3ccc(OCc4ccccc4)cc3)cc2)CC=CC=C1CN. The minimum Gasteiger partial charge on any atom is -0.489 e. The Morgan fingerprint density at radius 1 is 0.882 bits per heavy atom. The molecular weight excluding hydrogens is 448 g/mol. The highest BCUT2D eigenvalue weighted by Gasteiger charge is 2.46. The van der Waals surface area contributed by atoms with E-state index in [0.717, 1.165) is 11.3 Å². The molecule has 0 radical (unpaired) electrons. The molecule has 0 bridgehead atoms. The maximum Gasteiger partial charge on any atom is 0.306 e. The van der Waals surface area contributed by atoms with E-state index in [1.165, 1.54) is 0 Å². The zero-order chi connectivity index (χ0) is 24.0. The molecule has 0 aromatic heterocycles. The zero-order valence-corrected chi connectivity index (χ0v) is 19.9. The van der Waals surface area contributed by atoms with Gasteiger partial charge in [0.25, 0.3) is 0 Å². The topological polar surface area (TPSA) is 78.6 Å². The number of sulfonamides is 1. The zero-order valence-electron chi connectivity index (χ0n) is 19.1. The Hall–Kier alpha value is -3.39. The smallest absolute Gasteiger partial charge is 0.306 e. The molecule has 0 spiro atoms. The number of benzene rings is 3. The van der Waals surface area contributed by atoms with E-state index < -0.39 is 10.0 Å². The Labute approximate surface area is 201 Å². The molecule has 0 saturated carbocycles. The molecule has 1 aliphatic rings. The molecule has 3 aromatic carbocycles. The van der Waals surface area contributed by atoms with E-state index in [2.05, 4.69) is 0 Å². The molecule has 2 N–H and O–H groups in total. The predicted molar refractivity (Wildman–Crippen MR) is 136 cm³/mol. The first-order chi connectivity index (χ1) is 16.5. The normalized spacial score (nSPS) is 17.8. The van der Waals surface area contributed by atoms with Crippen LogP contribution in [-0.4, -0.2) is 27.3 Å². The molecule has 34 heavy (non-hydrogen) atoms. The van der Waals surface area contributed by atoms with E-state index in [-0.39, 0.29) is 16.2 Å². The van der Waals surface area contributed by atoms with Crippen LogP contribution in [0, 0.1) is 0 Å². The molecule has 1 heterocycles. The summed E-state index contributed by atoms with van der Waals surface area (Å²) >= 11 is 0. The molecule has 0 saturated heterocycles. The number of hydrogen-bond acceptors (Lipinski definition) is 5. The molecular formula is C27H29N2O4S+. The fourth-order valence-corrected chi connectivity index (χ4v) is 5.71. The summed E-state index contributed by atoms with van der Waals surface area (Å²) in [5.74, 6) is 2.03. The van der Waals surface area contributed by atoms with Gasteiger partial charge in [0, 0.05) is 12.1 Å². The lowest BCUT2D eigenvalue weighted by molar-refractivity contribution is 0.306. The molecule has 1 unspecified atom stereocenters. The molecule has 4 rings (SSSR count). The third kappa shape index (κ3) is 4.77. The van der Waals surface area contributed by atoms with Crippen molar-refractivity contribution in [2.24, 2.45) is 5.73 Å². The predicted octanol–water partition coefficient (Wildman–Crippen LogP) is 5.13. The van der Waals surface area contributed by atoms with Gasteiger partial charge in [-0.05, 0) is 61.0 Å². The fourth-order valence-electron chi connectivity index (χ4n) is 4.02. The largest absolute Gasteiger partial charge is 0.489 e. The molecule has 0 fully saturated rings. The van der Waals surface area contributed by atoms with Gasteiger partial charge in [0.05, 0.1) is 12.3 Å². The van der Waals surface area contributed by atoms with Crippen LogP contribution in [0.2, 0.25) is 0 Å². The van der Waals surface area contributed by atoms with Gasteiger partial charge in [0.1, 0.15) is 36.1 Å². The average Bonchev–Trinajstić information content (AvgIpc) is 2.89. The maximum absolute atomic E-state index is 13.2. The minimum absolute atomic E-state index is 0.00905. The van der Waals surface area contributed by atoms with Gasteiger partial charge in [-0.25, -0.2) is 0 Å². The fraction of sp³-hybridized carbons (Fsp3) is 0.185. The van der Waals surface area contributed by atoms with Crippen molar-refractivity contribution in [2.75, 3.05) is 18.8 Å². The van der Waals surface area contributed by atoms with Gasteiger partial charge in [0.2, 0.25) is 0 Å². The van der Waals surface area contributed by atoms with Crippen LogP contribution in [0.25, 0.3) is 0 Å². The lowest BCUT2D eigenvalue weighted by Crippen LogP contribution is -2.56. The molecule has 6 nitrogen and oxygen atoms in total. The van der Waals surface area contributed by atoms with Crippen LogP contribution < -0.4 is 19.1 Å². The van der Waals surface area contributed by atoms with Crippen LogP contribution in [0.5, 0.6) is 17.2 Å². The molecule has 0 aliphatic carbocycles. The van der Waals surface area contributed by atoms with E-state index in [0.29, 0.717) is 36.0 Å². The summed E-state index contributed by atoms with van der Waals surface area (Å²) in [6.45, 7) is 2.62. The van der Waals surface area contributed by atoms with E-state index in [9.17, 15) is 8.42 Å². The Morgan fingerprint density at radius 2 is 1.50 bits per heavy atom. The Balaban J connectivity index is 1.49. The second-order valence-corrected chi connectivity index (χ2v) is 10.3. The van der Waals surface area contributed by atoms with Crippen LogP contribution >= 0.6 is 0 Å². The van der Waals surface area contributed by atoms with Crippen molar-refractivity contribution < 1.29 is 17.9 Å². The van der Waals surface area contributed by atoms with Crippen molar-refractivity contribution in [3.05, 3.63) is 108 Å². The van der Waals surface area contributed by atoms with Gasteiger partial charge in [0.15, 0.2) is 5.69 Å². The summed E-state index contributed by atoms with van der Waals surface area (Å²) in [4.78, 5) is 0. The Morgan fingerprint density at radius 3 is 2.12 bits per heavy atom. The van der Waals surface area contributed by atoms with Gasteiger partial charge in [-0.3, -0.25) is 0 Å². The number of nitrogens with two attached hydrogens (primary N) is 1. The first kappa shape index (κ1) is 23.8. The number of rotatable bonds is 9. The second-order valence-electron chi connectivity index (χ2n) is 7.92. The van der Waals surface area contributed by atoms with E-state index in [4.69, 9.17) is 15.2 Å². The molecule has 7 heteroatoms. The van der Waals surface area contributed by atoms with Gasteiger partial charge >= 0.3 is 10.0 Å². The van der Waals surface area contributed by atoms with Gasteiger partial charge < -0.3 is 15.2 Å². The van der Waals surface area contributed by atoms with Crippen LogP contribution in [0.1, 0.15) is 12.5 Å². The lowest BCUT2D eigenvalue weighted by Gasteiger charge is -2.37. The van der Waals surface area contributed by atoms with E-state index in [1.807, 2.05) is 66.7 Å². The maximum atomic E-state index is 13.2. The molecule has 1 atom stereocenters. The summed E-state index contributed by atoms with van der Waals surface area (Å²) in [6, 6.07) is 24.5. The van der Waals surface area contributed by atoms with Crippen molar-refractivity contribution in [3.8, 4) is 17.2 Å². The first-order valence-electron chi connectivity index (χ1n) is 11.2. The number of allylic oxidation sites excluding steroid dienone is 2. The molecule has 176 valence electrons. The second kappa shape index (κ2) is 10.3. The van der Waals surface area contributed by atoms with E-state index in [1.54, 1.807) is 37.3 Å². The highest BCUT2D eigenvalue weighted by atomic mass is 32.2. The average molecular weight is 478 g/mol. The summed E-state index contributed by atoms with van der Waals surface area (Å²) < 4.78 is 37.9. The van der Waals surface area contributed by atoms with Crippen LogP contribution in [0.15, 0.2) is 103 Å². The van der Waals surface area contributed by atoms with Crippen LogP contribution in [0.3, 0.4) is 0 Å². The van der Waals surface area contributed by atoms with Gasteiger partial charge in [-0.1, -0.05) is 36.4 Å². The van der Waals surface area contributed by atoms with Crippen LogP contribution in [0.4, 0.5) is 5.69 Å².